The van der Waals surface area contributed by atoms with Gasteiger partial charge in [0.15, 0.2) is 17.5 Å². The van der Waals surface area contributed by atoms with E-state index >= 15 is 0 Å². The molecule has 0 atom stereocenters. The summed E-state index contributed by atoms with van der Waals surface area (Å²) in [5.41, 5.74) is 1.07. The third-order valence-corrected chi connectivity index (χ3v) is 3.10. The first-order valence-electron chi connectivity index (χ1n) is 7.47. The third-order valence-electron chi connectivity index (χ3n) is 3.10. The molecule has 1 aromatic rings. The van der Waals surface area contributed by atoms with E-state index in [4.69, 9.17) is 18.9 Å². The first kappa shape index (κ1) is 19.1. The maximum Gasteiger partial charge on any atom is 0.191 e. The van der Waals surface area contributed by atoms with Crippen LogP contribution in [0.2, 0.25) is 0 Å². The number of hydrogen-bond donors (Lipinski definition) is 2. The van der Waals surface area contributed by atoms with Crippen LogP contribution in [0.5, 0.6) is 11.5 Å². The molecular formula is C16H27N3O4. The van der Waals surface area contributed by atoms with Crippen LogP contribution in [0.3, 0.4) is 0 Å². The number of hydrogen-bond acceptors (Lipinski definition) is 5. The van der Waals surface area contributed by atoms with Gasteiger partial charge < -0.3 is 29.6 Å². The second-order valence-electron chi connectivity index (χ2n) is 4.65. The zero-order valence-electron chi connectivity index (χ0n) is 14.3. The van der Waals surface area contributed by atoms with Crippen molar-refractivity contribution in [2.24, 2.45) is 4.99 Å². The molecule has 0 bridgehead atoms. The number of methoxy groups -OCH3 is 3. The van der Waals surface area contributed by atoms with E-state index in [1.165, 1.54) is 0 Å². The SMILES string of the molecule is CN=C(NCCOCCOC)NCc1ccc(OC)c(OC)c1. The van der Waals surface area contributed by atoms with E-state index in [2.05, 4.69) is 15.6 Å². The summed E-state index contributed by atoms with van der Waals surface area (Å²) < 4.78 is 20.8. The molecule has 1 aromatic carbocycles. The standard InChI is InChI=1S/C16H27N3O4/c1-17-16(18-7-8-23-10-9-20-2)19-12-13-5-6-14(21-3)15(11-13)22-4/h5-6,11H,7-10,12H2,1-4H3,(H2,17,18,19). The molecule has 0 saturated carbocycles. The maximum absolute atomic E-state index is 5.39. The second kappa shape index (κ2) is 11.6. The molecule has 23 heavy (non-hydrogen) atoms. The lowest BCUT2D eigenvalue weighted by molar-refractivity contribution is 0.0733. The number of aliphatic imine (C=N–C) groups is 1. The average Bonchev–Trinajstić information content (AvgIpc) is 2.60. The van der Waals surface area contributed by atoms with E-state index in [9.17, 15) is 0 Å². The molecule has 0 aliphatic heterocycles. The van der Waals surface area contributed by atoms with Crippen molar-refractivity contribution in [2.75, 3.05) is 54.7 Å². The summed E-state index contributed by atoms with van der Waals surface area (Å²) in [6, 6.07) is 5.80. The summed E-state index contributed by atoms with van der Waals surface area (Å²) in [5.74, 6) is 2.14. The van der Waals surface area contributed by atoms with Crippen molar-refractivity contribution in [3.8, 4) is 11.5 Å². The minimum atomic E-state index is 0.593. The van der Waals surface area contributed by atoms with Crippen LogP contribution in [0, 0.1) is 0 Å². The van der Waals surface area contributed by atoms with Gasteiger partial charge in [-0.2, -0.15) is 0 Å². The molecule has 1 rings (SSSR count). The Kier molecular flexibility index (Phi) is 9.58. The highest BCUT2D eigenvalue weighted by atomic mass is 16.5. The molecule has 0 spiro atoms. The molecule has 130 valence electrons. The zero-order chi connectivity index (χ0) is 16.9. The lowest BCUT2D eigenvalue weighted by Crippen LogP contribution is -2.38. The van der Waals surface area contributed by atoms with Gasteiger partial charge in [0.05, 0.1) is 34.0 Å². The van der Waals surface area contributed by atoms with Crippen molar-refractivity contribution < 1.29 is 18.9 Å². The van der Waals surface area contributed by atoms with Crippen molar-refractivity contribution in [3.05, 3.63) is 23.8 Å². The van der Waals surface area contributed by atoms with E-state index in [1.807, 2.05) is 18.2 Å². The fourth-order valence-corrected chi connectivity index (χ4v) is 1.88. The van der Waals surface area contributed by atoms with Crippen LogP contribution < -0.4 is 20.1 Å². The van der Waals surface area contributed by atoms with Crippen LogP contribution >= 0.6 is 0 Å². The van der Waals surface area contributed by atoms with Crippen LogP contribution in [0.15, 0.2) is 23.2 Å². The molecular weight excluding hydrogens is 298 g/mol. The van der Waals surface area contributed by atoms with Crippen LogP contribution in [0.1, 0.15) is 5.56 Å². The highest BCUT2D eigenvalue weighted by Gasteiger charge is 2.05. The lowest BCUT2D eigenvalue weighted by atomic mass is 10.2. The Hall–Kier alpha value is -1.99. The Morgan fingerprint density at radius 3 is 2.43 bits per heavy atom. The predicted octanol–water partition coefficient (Wildman–Crippen LogP) is 1.03. The molecule has 0 aromatic heterocycles. The topological polar surface area (TPSA) is 73.3 Å². The van der Waals surface area contributed by atoms with Crippen LogP contribution in [-0.2, 0) is 16.0 Å². The van der Waals surface area contributed by atoms with E-state index < -0.39 is 0 Å². The Bertz CT molecular complexity index is 480. The predicted molar refractivity (Wildman–Crippen MR) is 90.4 cm³/mol. The van der Waals surface area contributed by atoms with Gasteiger partial charge >= 0.3 is 0 Å². The quantitative estimate of drug-likeness (QED) is 0.380. The van der Waals surface area contributed by atoms with Gasteiger partial charge in [0.2, 0.25) is 0 Å². The number of nitrogens with zero attached hydrogens (tertiary/aromatic N) is 1. The van der Waals surface area contributed by atoms with Crippen molar-refractivity contribution in [1.29, 1.82) is 0 Å². The van der Waals surface area contributed by atoms with E-state index in [0.29, 0.717) is 44.4 Å². The molecule has 0 saturated heterocycles. The summed E-state index contributed by atoms with van der Waals surface area (Å²) in [6.07, 6.45) is 0. The summed E-state index contributed by atoms with van der Waals surface area (Å²) in [6.45, 7) is 3.10. The van der Waals surface area contributed by atoms with Gasteiger partial charge in [-0.25, -0.2) is 0 Å². The Morgan fingerprint density at radius 1 is 1.00 bits per heavy atom. The molecule has 0 aliphatic rings. The second-order valence-corrected chi connectivity index (χ2v) is 4.65. The van der Waals surface area contributed by atoms with E-state index in [0.717, 1.165) is 11.5 Å². The van der Waals surface area contributed by atoms with Gasteiger partial charge in [0.1, 0.15) is 0 Å². The molecule has 0 radical (unpaired) electrons. The summed E-state index contributed by atoms with van der Waals surface area (Å²) in [7, 11) is 6.63. The van der Waals surface area contributed by atoms with E-state index in [1.54, 1.807) is 28.4 Å². The highest BCUT2D eigenvalue weighted by molar-refractivity contribution is 5.79. The smallest absolute Gasteiger partial charge is 0.191 e. The number of ether oxygens (including phenoxy) is 4. The first-order chi connectivity index (χ1) is 11.2. The summed E-state index contributed by atoms with van der Waals surface area (Å²) in [4.78, 5) is 4.17. The molecule has 7 nitrogen and oxygen atoms in total. The average molecular weight is 325 g/mol. The largest absolute Gasteiger partial charge is 0.493 e. The van der Waals surface area contributed by atoms with Crippen LogP contribution in [-0.4, -0.2) is 60.7 Å². The van der Waals surface area contributed by atoms with Gasteiger partial charge in [-0.1, -0.05) is 6.07 Å². The van der Waals surface area contributed by atoms with Gasteiger partial charge in [-0.05, 0) is 17.7 Å². The summed E-state index contributed by atoms with van der Waals surface area (Å²) >= 11 is 0. The van der Waals surface area contributed by atoms with E-state index in [-0.39, 0.29) is 0 Å². The van der Waals surface area contributed by atoms with Crippen molar-refractivity contribution in [3.63, 3.8) is 0 Å². The van der Waals surface area contributed by atoms with Crippen LogP contribution in [0.4, 0.5) is 0 Å². The Morgan fingerprint density at radius 2 is 1.78 bits per heavy atom. The Labute approximate surface area is 138 Å². The number of guanidine groups is 1. The molecule has 0 heterocycles. The molecule has 0 amide bonds. The van der Waals surface area contributed by atoms with Crippen molar-refractivity contribution in [2.45, 2.75) is 6.54 Å². The van der Waals surface area contributed by atoms with Gasteiger partial charge in [0.25, 0.3) is 0 Å². The van der Waals surface area contributed by atoms with Gasteiger partial charge in [-0.15, -0.1) is 0 Å². The minimum absolute atomic E-state index is 0.593. The van der Waals surface area contributed by atoms with Crippen molar-refractivity contribution in [1.82, 2.24) is 10.6 Å². The summed E-state index contributed by atoms with van der Waals surface area (Å²) in [5, 5.41) is 6.42. The monoisotopic (exact) mass is 325 g/mol. The van der Waals surface area contributed by atoms with Gasteiger partial charge in [-0.3, -0.25) is 4.99 Å². The Balaban J connectivity index is 2.37. The fraction of sp³-hybridized carbons (Fsp3) is 0.562. The minimum Gasteiger partial charge on any atom is -0.493 e. The normalized spacial score (nSPS) is 11.2. The first-order valence-corrected chi connectivity index (χ1v) is 7.47. The molecule has 0 unspecified atom stereocenters. The zero-order valence-corrected chi connectivity index (χ0v) is 14.3. The van der Waals surface area contributed by atoms with Crippen LogP contribution in [0.25, 0.3) is 0 Å². The number of benzene rings is 1. The molecule has 0 aliphatic carbocycles. The van der Waals surface area contributed by atoms with Crippen molar-refractivity contribution >= 4 is 5.96 Å². The lowest BCUT2D eigenvalue weighted by Gasteiger charge is -2.13. The van der Waals surface area contributed by atoms with Gasteiger partial charge in [0, 0.05) is 27.2 Å². The third kappa shape index (κ3) is 7.21. The highest BCUT2D eigenvalue weighted by Crippen LogP contribution is 2.27. The maximum atomic E-state index is 5.39. The molecule has 0 fully saturated rings. The number of rotatable bonds is 10. The fourth-order valence-electron chi connectivity index (χ4n) is 1.88. The molecule has 2 N–H and O–H groups in total. The molecule has 7 heteroatoms. The number of nitrogens with one attached hydrogen (secondary N) is 2.